The molecule has 1 saturated carbocycles. The predicted molar refractivity (Wildman–Crippen MR) is 83.5 cm³/mol. The van der Waals surface area contributed by atoms with E-state index in [1.165, 1.54) is 12.8 Å². The summed E-state index contributed by atoms with van der Waals surface area (Å²) in [5.41, 5.74) is 6.57. The number of nitrogens with two attached hydrogens (primary N) is 1. The second-order valence-corrected chi connectivity index (χ2v) is 5.86. The van der Waals surface area contributed by atoms with Crippen LogP contribution in [0.25, 0.3) is 0 Å². The molecule has 0 bridgehead atoms. The van der Waals surface area contributed by atoms with Gasteiger partial charge in [-0.15, -0.1) is 0 Å². The zero-order valence-corrected chi connectivity index (χ0v) is 12.8. The second-order valence-electron chi connectivity index (χ2n) is 5.86. The number of nitrogens with one attached hydrogen (secondary N) is 1. The quantitative estimate of drug-likeness (QED) is 0.752. The Morgan fingerprint density at radius 1 is 1.43 bits per heavy atom. The zero-order chi connectivity index (χ0) is 15.2. The summed E-state index contributed by atoms with van der Waals surface area (Å²) in [5, 5.41) is 2.91. The highest BCUT2D eigenvalue weighted by atomic mass is 16.5. The Kier molecular flexibility index (Phi) is 5.59. The zero-order valence-electron chi connectivity index (χ0n) is 12.8. The van der Waals surface area contributed by atoms with E-state index in [0.717, 1.165) is 6.54 Å². The predicted octanol–water partition coefficient (Wildman–Crippen LogP) is 1.09. The van der Waals surface area contributed by atoms with E-state index in [2.05, 4.69) is 5.32 Å². The number of carbonyl (C=O) groups is 1. The molecule has 116 valence electrons. The molecule has 1 aromatic rings. The topological polar surface area (TPSA) is 67.6 Å². The average Bonchev–Trinajstić information content (AvgIpc) is 3.29. The van der Waals surface area contributed by atoms with Crippen LogP contribution >= 0.6 is 0 Å². The third-order valence-electron chi connectivity index (χ3n) is 3.65. The number of rotatable bonds is 8. The van der Waals surface area contributed by atoms with Gasteiger partial charge in [0.15, 0.2) is 0 Å². The highest BCUT2D eigenvalue weighted by Gasteiger charge is 2.28. The Morgan fingerprint density at radius 2 is 2.14 bits per heavy atom. The van der Waals surface area contributed by atoms with Crippen molar-refractivity contribution in [2.24, 2.45) is 11.7 Å². The molecule has 1 fully saturated rings. The van der Waals surface area contributed by atoms with Gasteiger partial charge in [-0.25, -0.2) is 0 Å². The molecular formula is C16H25N3O2. The average molecular weight is 291 g/mol. The van der Waals surface area contributed by atoms with Crippen LogP contribution in [0.4, 0.5) is 0 Å². The minimum atomic E-state index is -0.119. The molecule has 5 heteroatoms. The van der Waals surface area contributed by atoms with Crippen molar-refractivity contribution in [1.29, 1.82) is 0 Å². The molecule has 1 atom stereocenters. The van der Waals surface area contributed by atoms with Crippen LogP contribution in [0, 0.1) is 5.92 Å². The van der Waals surface area contributed by atoms with E-state index in [9.17, 15) is 4.79 Å². The Morgan fingerprint density at radius 3 is 2.81 bits per heavy atom. The Labute approximate surface area is 126 Å². The Balaban J connectivity index is 1.89. The lowest BCUT2D eigenvalue weighted by atomic mass is 10.1. The van der Waals surface area contributed by atoms with Crippen LogP contribution in [-0.4, -0.2) is 50.6 Å². The molecule has 2 rings (SSSR count). The maximum atomic E-state index is 12.3. The maximum Gasteiger partial charge on any atom is 0.255 e. The van der Waals surface area contributed by atoms with Gasteiger partial charge in [0.2, 0.25) is 0 Å². The monoisotopic (exact) mass is 291 g/mol. The number of amides is 1. The molecule has 1 amide bonds. The molecule has 1 unspecified atom stereocenters. The lowest BCUT2D eigenvalue weighted by Crippen LogP contribution is -2.38. The van der Waals surface area contributed by atoms with E-state index < -0.39 is 0 Å². The first kappa shape index (κ1) is 15.8. The highest BCUT2D eigenvalue weighted by Crippen LogP contribution is 2.31. The van der Waals surface area contributed by atoms with Crippen LogP contribution in [-0.2, 0) is 0 Å². The molecule has 0 saturated heterocycles. The summed E-state index contributed by atoms with van der Waals surface area (Å²) < 4.78 is 5.70. The molecule has 3 N–H and O–H groups in total. The van der Waals surface area contributed by atoms with Crippen molar-refractivity contribution in [3.8, 4) is 5.75 Å². The number of benzene rings is 1. The molecule has 5 nitrogen and oxygen atoms in total. The first-order valence-electron chi connectivity index (χ1n) is 7.48. The minimum absolute atomic E-state index is 0.0655. The van der Waals surface area contributed by atoms with Crippen molar-refractivity contribution >= 4 is 5.91 Å². The third kappa shape index (κ3) is 5.02. The van der Waals surface area contributed by atoms with Gasteiger partial charge in [-0.2, -0.15) is 0 Å². The van der Waals surface area contributed by atoms with Gasteiger partial charge in [0.1, 0.15) is 12.4 Å². The normalized spacial score (nSPS) is 15.8. The number of para-hydroxylation sites is 1. The van der Waals surface area contributed by atoms with Gasteiger partial charge in [0.05, 0.1) is 5.56 Å². The van der Waals surface area contributed by atoms with Gasteiger partial charge < -0.3 is 20.7 Å². The molecular weight excluding hydrogens is 266 g/mol. The summed E-state index contributed by atoms with van der Waals surface area (Å²) in [7, 11) is 3.97. The van der Waals surface area contributed by atoms with Crippen LogP contribution in [0.2, 0.25) is 0 Å². The van der Waals surface area contributed by atoms with Crippen LogP contribution < -0.4 is 15.8 Å². The van der Waals surface area contributed by atoms with E-state index in [4.69, 9.17) is 10.5 Å². The van der Waals surface area contributed by atoms with Gasteiger partial charge in [-0.1, -0.05) is 12.1 Å². The second kappa shape index (κ2) is 7.43. The van der Waals surface area contributed by atoms with Gasteiger partial charge in [0.25, 0.3) is 5.91 Å². The minimum Gasteiger partial charge on any atom is -0.491 e. The summed E-state index contributed by atoms with van der Waals surface area (Å²) in [5.74, 6) is 1.08. The van der Waals surface area contributed by atoms with Crippen molar-refractivity contribution in [3.05, 3.63) is 29.8 Å². The lowest BCUT2D eigenvalue weighted by molar-refractivity contribution is 0.0946. The molecule has 0 aliphatic heterocycles. The van der Waals surface area contributed by atoms with E-state index >= 15 is 0 Å². The number of likely N-dealkylation sites (N-methyl/N-ethyl adjacent to an activating group) is 1. The number of nitrogens with zero attached hydrogens (tertiary/aromatic N) is 1. The van der Waals surface area contributed by atoms with E-state index in [1.54, 1.807) is 6.07 Å². The Bertz CT molecular complexity index is 472. The summed E-state index contributed by atoms with van der Waals surface area (Å²) >= 11 is 0. The van der Waals surface area contributed by atoms with Crippen LogP contribution in [0.5, 0.6) is 5.75 Å². The van der Waals surface area contributed by atoms with E-state index in [0.29, 0.717) is 30.4 Å². The summed E-state index contributed by atoms with van der Waals surface area (Å²) in [4.78, 5) is 14.3. The largest absolute Gasteiger partial charge is 0.491 e. The summed E-state index contributed by atoms with van der Waals surface area (Å²) in [6.45, 7) is 1.89. The van der Waals surface area contributed by atoms with Crippen molar-refractivity contribution in [2.45, 2.75) is 18.9 Å². The van der Waals surface area contributed by atoms with Crippen molar-refractivity contribution in [2.75, 3.05) is 33.8 Å². The number of carbonyl (C=O) groups excluding carboxylic acids is 1. The van der Waals surface area contributed by atoms with Gasteiger partial charge in [-0.3, -0.25) is 4.79 Å². The first-order valence-corrected chi connectivity index (χ1v) is 7.48. The smallest absolute Gasteiger partial charge is 0.255 e. The van der Waals surface area contributed by atoms with E-state index in [-0.39, 0.29) is 11.9 Å². The summed E-state index contributed by atoms with van der Waals surface area (Å²) in [6, 6.07) is 7.39. The van der Waals surface area contributed by atoms with Crippen LogP contribution in [0.3, 0.4) is 0 Å². The van der Waals surface area contributed by atoms with Crippen molar-refractivity contribution in [1.82, 2.24) is 10.2 Å². The number of ether oxygens (including phenoxy) is 1. The fraction of sp³-hybridized carbons (Fsp3) is 0.562. The molecule has 0 spiro atoms. The molecule has 1 aromatic carbocycles. The molecule has 21 heavy (non-hydrogen) atoms. The molecule has 0 radical (unpaired) electrons. The van der Waals surface area contributed by atoms with Crippen molar-refractivity contribution in [3.63, 3.8) is 0 Å². The lowest BCUT2D eigenvalue weighted by Gasteiger charge is -2.15. The molecule has 1 aliphatic carbocycles. The standard InChI is InChI=1S/C16H25N3O2/c1-19(2)9-10-21-15-6-4-3-5-13(15)16(20)18-11-14(17)12-7-8-12/h3-6,12,14H,7-11,17H2,1-2H3,(H,18,20). The van der Waals surface area contributed by atoms with Gasteiger partial charge in [0, 0.05) is 19.1 Å². The van der Waals surface area contributed by atoms with Gasteiger partial charge >= 0.3 is 0 Å². The number of hydrogen-bond acceptors (Lipinski definition) is 4. The van der Waals surface area contributed by atoms with Crippen molar-refractivity contribution < 1.29 is 9.53 Å². The molecule has 0 heterocycles. The number of hydrogen-bond donors (Lipinski definition) is 2. The maximum absolute atomic E-state index is 12.3. The van der Waals surface area contributed by atoms with Crippen LogP contribution in [0.1, 0.15) is 23.2 Å². The third-order valence-corrected chi connectivity index (χ3v) is 3.65. The molecule has 0 aromatic heterocycles. The van der Waals surface area contributed by atoms with Gasteiger partial charge in [-0.05, 0) is 45.0 Å². The Hall–Kier alpha value is -1.59. The fourth-order valence-corrected chi connectivity index (χ4v) is 2.12. The van der Waals surface area contributed by atoms with E-state index in [1.807, 2.05) is 37.2 Å². The molecule has 1 aliphatic rings. The first-order chi connectivity index (χ1) is 10.1. The summed E-state index contributed by atoms with van der Waals surface area (Å²) in [6.07, 6.45) is 2.36. The fourth-order valence-electron chi connectivity index (χ4n) is 2.12. The van der Waals surface area contributed by atoms with Crippen LogP contribution in [0.15, 0.2) is 24.3 Å². The highest BCUT2D eigenvalue weighted by molar-refractivity contribution is 5.96. The SMILES string of the molecule is CN(C)CCOc1ccccc1C(=O)NCC(N)C1CC1.